The Hall–Kier alpha value is -3.57. The highest BCUT2D eigenvalue weighted by Gasteiger charge is 2.20. The Labute approximate surface area is 146 Å². The lowest BCUT2D eigenvalue weighted by Crippen LogP contribution is -2.13. The van der Waals surface area contributed by atoms with Gasteiger partial charge in [-0.1, -0.05) is 24.3 Å². The summed E-state index contributed by atoms with van der Waals surface area (Å²) < 4.78 is 0. The van der Waals surface area contributed by atoms with Gasteiger partial charge < -0.3 is 0 Å². The van der Waals surface area contributed by atoms with Gasteiger partial charge in [0.2, 0.25) is 0 Å². The number of hydrogen-bond donors (Lipinski definition) is 1. The number of nitrogens with one attached hydrogen (secondary N) is 1. The molecular weight excluding hydrogens is 340 g/mol. The van der Waals surface area contributed by atoms with Crippen molar-refractivity contribution in [3.63, 3.8) is 0 Å². The molecular formula is C17H10N4O3S. The zero-order valence-corrected chi connectivity index (χ0v) is 13.5. The fourth-order valence-electron chi connectivity index (χ4n) is 2.17. The number of amides is 1. The van der Waals surface area contributed by atoms with Crippen molar-refractivity contribution in [3.05, 3.63) is 75.2 Å². The molecule has 0 aliphatic rings. The molecule has 25 heavy (non-hydrogen) atoms. The zero-order valence-electron chi connectivity index (χ0n) is 12.7. The van der Waals surface area contributed by atoms with Crippen molar-refractivity contribution in [3.8, 4) is 17.3 Å². The van der Waals surface area contributed by atoms with Crippen molar-refractivity contribution in [1.29, 1.82) is 5.26 Å². The van der Waals surface area contributed by atoms with Gasteiger partial charge in [-0.25, -0.2) is 4.98 Å². The molecule has 7 nitrogen and oxygen atoms in total. The minimum atomic E-state index is -0.598. The Balaban J connectivity index is 1.81. The predicted molar refractivity (Wildman–Crippen MR) is 93.3 cm³/mol. The van der Waals surface area contributed by atoms with Crippen LogP contribution in [-0.4, -0.2) is 15.8 Å². The summed E-state index contributed by atoms with van der Waals surface area (Å²) in [7, 11) is 0. The number of nitro groups is 1. The first-order valence-electron chi connectivity index (χ1n) is 7.09. The first-order chi connectivity index (χ1) is 12.1. The summed E-state index contributed by atoms with van der Waals surface area (Å²) in [5, 5.41) is 24.5. The van der Waals surface area contributed by atoms with Gasteiger partial charge in [0.1, 0.15) is 5.56 Å². The van der Waals surface area contributed by atoms with Gasteiger partial charge in [-0.05, 0) is 18.2 Å². The van der Waals surface area contributed by atoms with Crippen LogP contribution in [0.3, 0.4) is 0 Å². The maximum absolute atomic E-state index is 12.3. The largest absolute Gasteiger partial charge is 0.298 e. The molecule has 1 amide bonds. The second-order valence-corrected chi connectivity index (χ2v) is 5.81. The first-order valence-corrected chi connectivity index (χ1v) is 7.97. The van der Waals surface area contributed by atoms with E-state index in [2.05, 4.69) is 10.3 Å². The van der Waals surface area contributed by atoms with E-state index in [1.807, 2.05) is 6.07 Å². The van der Waals surface area contributed by atoms with Gasteiger partial charge in [0.05, 0.1) is 22.2 Å². The molecule has 0 spiro atoms. The maximum Gasteiger partial charge on any atom is 0.282 e. The van der Waals surface area contributed by atoms with Crippen molar-refractivity contribution in [1.82, 2.24) is 4.98 Å². The molecule has 3 aromatic rings. The molecule has 0 saturated heterocycles. The van der Waals surface area contributed by atoms with Gasteiger partial charge in [-0.15, -0.1) is 11.3 Å². The Morgan fingerprint density at radius 2 is 1.92 bits per heavy atom. The van der Waals surface area contributed by atoms with Crippen LogP contribution in [-0.2, 0) is 0 Å². The molecule has 122 valence electrons. The highest BCUT2D eigenvalue weighted by atomic mass is 32.1. The molecule has 1 aromatic heterocycles. The standard InChI is InChI=1S/C17H10N4O3S/c18-9-11-5-7-12(8-6-11)14-10-25-17(19-14)20-16(22)13-3-1-2-4-15(13)21(23)24/h1-8,10H,(H,19,20,22). The fourth-order valence-corrected chi connectivity index (χ4v) is 2.88. The molecule has 1 N–H and O–H groups in total. The van der Waals surface area contributed by atoms with Crippen molar-refractivity contribution in [2.24, 2.45) is 0 Å². The van der Waals surface area contributed by atoms with E-state index < -0.39 is 10.8 Å². The van der Waals surface area contributed by atoms with Crippen LogP contribution >= 0.6 is 11.3 Å². The molecule has 1 heterocycles. The Kier molecular flexibility index (Phi) is 4.50. The molecule has 0 atom stereocenters. The number of nitrogens with zero attached hydrogens (tertiary/aromatic N) is 3. The van der Waals surface area contributed by atoms with E-state index in [1.165, 1.54) is 29.5 Å². The average molecular weight is 350 g/mol. The summed E-state index contributed by atoms with van der Waals surface area (Å²) in [4.78, 5) is 27.0. The third-order valence-corrected chi connectivity index (χ3v) is 4.14. The normalized spacial score (nSPS) is 10.0. The number of carbonyl (C=O) groups is 1. The van der Waals surface area contributed by atoms with E-state index in [0.29, 0.717) is 16.4 Å². The second-order valence-electron chi connectivity index (χ2n) is 4.96. The molecule has 0 fully saturated rings. The van der Waals surface area contributed by atoms with E-state index in [9.17, 15) is 14.9 Å². The molecule has 0 unspecified atom stereocenters. The Morgan fingerprint density at radius 3 is 2.60 bits per heavy atom. The fraction of sp³-hybridized carbons (Fsp3) is 0. The number of nitriles is 1. The van der Waals surface area contributed by atoms with Gasteiger partial charge in [-0.2, -0.15) is 5.26 Å². The number of para-hydroxylation sites is 1. The molecule has 0 bridgehead atoms. The second kappa shape index (κ2) is 6.90. The Bertz CT molecular complexity index is 990. The highest BCUT2D eigenvalue weighted by Crippen LogP contribution is 2.26. The first kappa shape index (κ1) is 16.3. The number of aromatic nitrogens is 1. The van der Waals surface area contributed by atoms with Crippen molar-refractivity contribution in [2.75, 3.05) is 5.32 Å². The summed E-state index contributed by atoms with van der Waals surface area (Å²) in [5.74, 6) is -0.590. The molecule has 0 aliphatic carbocycles. The van der Waals surface area contributed by atoms with Crippen LogP contribution in [0.2, 0.25) is 0 Å². The van der Waals surface area contributed by atoms with E-state index in [-0.39, 0.29) is 11.3 Å². The lowest BCUT2D eigenvalue weighted by atomic mass is 10.1. The van der Waals surface area contributed by atoms with Crippen LogP contribution in [0, 0.1) is 21.4 Å². The summed E-state index contributed by atoms with van der Waals surface area (Å²) in [6.07, 6.45) is 0. The minimum Gasteiger partial charge on any atom is -0.298 e. The Morgan fingerprint density at radius 1 is 1.20 bits per heavy atom. The van der Waals surface area contributed by atoms with E-state index in [4.69, 9.17) is 5.26 Å². The quantitative estimate of drug-likeness (QED) is 0.568. The van der Waals surface area contributed by atoms with Gasteiger partial charge >= 0.3 is 0 Å². The zero-order chi connectivity index (χ0) is 17.8. The predicted octanol–water partition coefficient (Wildman–Crippen LogP) is 3.84. The van der Waals surface area contributed by atoms with Crippen LogP contribution in [0.25, 0.3) is 11.3 Å². The van der Waals surface area contributed by atoms with Crippen LogP contribution in [0.5, 0.6) is 0 Å². The lowest BCUT2D eigenvalue weighted by molar-refractivity contribution is -0.385. The third-order valence-electron chi connectivity index (χ3n) is 3.38. The number of carbonyl (C=O) groups excluding carboxylic acids is 1. The molecule has 2 aromatic carbocycles. The van der Waals surface area contributed by atoms with Crippen LogP contribution in [0.15, 0.2) is 53.9 Å². The topological polar surface area (TPSA) is 109 Å². The maximum atomic E-state index is 12.3. The van der Waals surface area contributed by atoms with Crippen LogP contribution in [0.1, 0.15) is 15.9 Å². The van der Waals surface area contributed by atoms with E-state index in [1.54, 1.807) is 35.7 Å². The van der Waals surface area contributed by atoms with Gasteiger partial charge in [0, 0.05) is 17.0 Å². The molecule has 0 aliphatic heterocycles. The van der Waals surface area contributed by atoms with Crippen molar-refractivity contribution >= 4 is 28.1 Å². The van der Waals surface area contributed by atoms with Gasteiger partial charge in [0.25, 0.3) is 11.6 Å². The van der Waals surface area contributed by atoms with Gasteiger partial charge in [0.15, 0.2) is 5.13 Å². The van der Waals surface area contributed by atoms with Gasteiger partial charge in [-0.3, -0.25) is 20.2 Å². The molecule has 8 heteroatoms. The number of nitro benzene ring substituents is 1. The van der Waals surface area contributed by atoms with Crippen molar-refractivity contribution in [2.45, 2.75) is 0 Å². The molecule has 0 saturated carbocycles. The number of hydrogen-bond acceptors (Lipinski definition) is 6. The average Bonchev–Trinajstić information content (AvgIpc) is 3.10. The third kappa shape index (κ3) is 3.52. The number of benzene rings is 2. The lowest BCUT2D eigenvalue weighted by Gasteiger charge is -2.02. The number of thiazole rings is 1. The molecule has 0 radical (unpaired) electrons. The smallest absolute Gasteiger partial charge is 0.282 e. The number of rotatable bonds is 4. The summed E-state index contributed by atoms with van der Waals surface area (Å²) in [6, 6.07) is 14.7. The molecule has 3 rings (SSSR count). The SMILES string of the molecule is N#Cc1ccc(-c2csc(NC(=O)c3ccccc3[N+](=O)[O-])n2)cc1. The highest BCUT2D eigenvalue weighted by molar-refractivity contribution is 7.14. The summed E-state index contributed by atoms with van der Waals surface area (Å²) in [6.45, 7) is 0. The van der Waals surface area contributed by atoms with Crippen LogP contribution < -0.4 is 5.32 Å². The monoisotopic (exact) mass is 350 g/mol. The summed E-state index contributed by atoms with van der Waals surface area (Å²) >= 11 is 1.21. The minimum absolute atomic E-state index is 0.0253. The van der Waals surface area contributed by atoms with Crippen molar-refractivity contribution < 1.29 is 9.72 Å². The van der Waals surface area contributed by atoms with E-state index in [0.717, 1.165) is 5.56 Å². The summed E-state index contributed by atoms with van der Waals surface area (Å²) in [5.41, 5.74) is 1.71. The number of anilines is 1. The van der Waals surface area contributed by atoms with Crippen LogP contribution in [0.4, 0.5) is 10.8 Å². The van der Waals surface area contributed by atoms with E-state index >= 15 is 0 Å².